The summed E-state index contributed by atoms with van der Waals surface area (Å²) in [6, 6.07) is 4.51. The zero-order valence-electron chi connectivity index (χ0n) is 9.26. The molecule has 0 unspecified atom stereocenters. The second kappa shape index (κ2) is 3.64. The predicted molar refractivity (Wildman–Crippen MR) is 59.1 cm³/mol. The van der Waals surface area contributed by atoms with Crippen LogP contribution in [0.4, 0.5) is 0 Å². The Labute approximate surface area is 86.1 Å². The minimum absolute atomic E-state index is 0.819. The van der Waals surface area contributed by atoms with Gasteiger partial charge in [-0.05, 0) is 48.4 Å². The Hall–Kier alpha value is -0.980. The summed E-state index contributed by atoms with van der Waals surface area (Å²) in [6.07, 6.45) is 3.87. The number of hydrogen-bond acceptors (Lipinski definition) is 1. The number of benzene rings is 1. The molecular formula is C13H18O. The molecule has 0 saturated heterocycles. The number of methoxy groups -OCH3 is 1. The van der Waals surface area contributed by atoms with Gasteiger partial charge in [-0.1, -0.05) is 19.4 Å². The lowest BCUT2D eigenvalue weighted by molar-refractivity contribution is 0.408. The molecule has 1 aromatic carbocycles. The standard InChI is InChI=1S/C13H18O/c1-4-5-10-7-11-8-13(14-3)9(2)6-12(10)11/h6,8,10H,4-5,7H2,1-3H3/t10-/m0/s1. The molecule has 76 valence electrons. The van der Waals surface area contributed by atoms with Crippen molar-refractivity contribution in [2.45, 2.75) is 39.0 Å². The summed E-state index contributed by atoms with van der Waals surface area (Å²) in [5.74, 6) is 1.86. The third kappa shape index (κ3) is 1.41. The van der Waals surface area contributed by atoms with Crippen LogP contribution in [-0.4, -0.2) is 7.11 Å². The van der Waals surface area contributed by atoms with Crippen molar-refractivity contribution in [2.24, 2.45) is 0 Å². The van der Waals surface area contributed by atoms with Gasteiger partial charge in [0.1, 0.15) is 5.75 Å². The first kappa shape index (κ1) is 9.57. The number of ether oxygens (including phenoxy) is 1. The zero-order valence-corrected chi connectivity index (χ0v) is 9.26. The van der Waals surface area contributed by atoms with E-state index in [2.05, 4.69) is 26.0 Å². The van der Waals surface area contributed by atoms with Crippen LogP contribution >= 0.6 is 0 Å². The molecule has 1 aliphatic carbocycles. The van der Waals surface area contributed by atoms with Gasteiger partial charge in [0.25, 0.3) is 0 Å². The summed E-state index contributed by atoms with van der Waals surface area (Å²) in [6.45, 7) is 4.38. The normalized spacial score (nSPS) is 18.6. The zero-order chi connectivity index (χ0) is 10.1. The van der Waals surface area contributed by atoms with Gasteiger partial charge in [0, 0.05) is 0 Å². The van der Waals surface area contributed by atoms with Crippen LogP contribution in [0.15, 0.2) is 12.1 Å². The average Bonchev–Trinajstić information content (AvgIpc) is 2.17. The van der Waals surface area contributed by atoms with Crippen molar-refractivity contribution in [3.05, 3.63) is 28.8 Å². The van der Waals surface area contributed by atoms with E-state index in [1.165, 1.54) is 30.4 Å². The maximum absolute atomic E-state index is 5.31. The highest BCUT2D eigenvalue weighted by Crippen LogP contribution is 2.41. The molecule has 1 aromatic rings. The molecule has 0 radical (unpaired) electrons. The van der Waals surface area contributed by atoms with Crippen LogP contribution < -0.4 is 4.74 Å². The fourth-order valence-electron chi connectivity index (χ4n) is 2.38. The summed E-state index contributed by atoms with van der Waals surface area (Å²) < 4.78 is 5.31. The summed E-state index contributed by atoms with van der Waals surface area (Å²) in [7, 11) is 1.75. The second-order valence-electron chi connectivity index (χ2n) is 4.21. The molecule has 1 heteroatoms. The Kier molecular flexibility index (Phi) is 2.49. The van der Waals surface area contributed by atoms with Gasteiger partial charge in [-0.2, -0.15) is 0 Å². The topological polar surface area (TPSA) is 9.23 Å². The fourth-order valence-corrected chi connectivity index (χ4v) is 2.38. The van der Waals surface area contributed by atoms with Crippen LogP contribution in [0.1, 0.15) is 42.4 Å². The van der Waals surface area contributed by atoms with Crippen LogP contribution in [-0.2, 0) is 6.42 Å². The number of fused-ring (bicyclic) bond motifs is 1. The van der Waals surface area contributed by atoms with Crippen molar-refractivity contribution < 1.29 is 4.74 Å². The lowest BCUT2D eigenvalue weighted by Crippen LogP contribution is -2.17. The SMILES string of the molecule is CCC[C@H]1Cc2cc(OC)c(C)cc21. The minimum Gasteiger partial charge on any atom is -0.496 e. The molecule has 14 heavy (non-hydrogen) atoms. The van der Waals surface area contributed by atoms with Crippen molar-refractivity contribution in [3.8, 4) is 5.75 Å². The highest BCUT2D eigenvalue weighted by molar-refractivity contribution is 5.49. The lowest BCUT2D eigenvalue weighted by atomic mass is 9.74. The average molecular weight is 190 g/mol. The van der Waals surface area contributed by atoms with E-state index in [0.29, 0.717) is 0 Å². The Morgan fingerprint density at radius 3 is 2.86 bits per heavy atom. The highest BCUT2D eigenvalue weighted by Gasteiger charge is 2.26. The van der Waals surface area contributed by atoms with Crippen molar-refractivity contribution in [3.63, 3.8) is 0 Å². The molecule has 0 spiro atoms. The van der Waals surface area contributed by atoms with E-state index >= 15 is 0 Å². The minimum atomic E-state index is 0.819. The first-order valence-electron chi connectivity index (χ1n) is 5.43. The largest absolute Gasteiger partial charge is 0.496 e. The van der Waals surface area contributed by atoms with E-state index in [1.807, 2.05) is 0 Å². The number of rotatable bonds is 3. The van der Waals surface area contributed by atoms with E-state index in [0.717, 1.165) is 11.7 Å². The van der Waals surface area contributed by atoms with E-state index in [4.69, 9.17) is 4.74 Å². The monoisotopic (exact) mass is 190 g/mol. The Morgan fingerprint density at radius 2 is 2.21 bits per heavy atom. The number of hydrogen-bond donors (Lipinski definition) is 0. The van der Waals surface area contributed by atoms with Crippen LogP contribution in [0.5, 0.6) is 5.75 Å². The molecule has 2 rings (SSSR count). The molecule has 0 aromatic heterocycles. The van der Waals surface area contributed by atoms with Crippen LogP contribution in [0.2, 0.25) is 0 Å². The first-order chi connectivity index (χ1) is 6.76. The molecule has 1 aliphatic rings. The van der Waals surface area contributed by atoms with Gasteiger partial charge in [0.2, 0.25) is 0 Å². The molecule has 1 nitrogen and oxygen atoms in total. The Balaban J connectivity index is 2.26. The van der Waals surface area contributed by atoms with Gasteiger partial charge in [-0.3, -0.25) is 0 Å². The molecular weight excluding hydrogens is 172 g/mol. The smallest absolute Gasteiger partial charge is 0.122 e. The molecule has 0 bridgehead atoms. The summed E-state index contributed by atoms with van der Waals surface area (Å²) in [5, 5.41) is 0. The van der Waals surface area contributed by atoms with E-state index < -0.39 is 0 Å². The molecule has 0 N–H and O–H groups in total. The maximum Gasteiger partial charge on any atom is 0.122 e. The van der Waals surface area contributed by atoms with Gasteiger partial charge >= 0.3 is 0 Å². The predicted octanol–water partition coefficient (Wildman–Crippen LogP) is 3.44. The van der Waals surface area contributed by atoms with E-state index in [9.17, 15) is 0 Å². The van der Waals surface area contributed by atoms with Gasteiger partial charge in [0.15, 0.2) is 0 Å². The van der Waals surface area contributed by atoms with Gasteiger partial charge in [0.05, 0.1) is 7.11 Å². The molecule has 0 amide bonds. The fraction of sp³-hybridized carbons (Fsp3) is 0.538. The van der Waals surface area contributed by atoms with Crippen molar-refractivity contribution >= 4 is 0 Å². The molecule has 0 fully saturated rings. The van der Waals surface area contributed by atoms with Crippen molar-refractivity contribution in [1.29, 1.82) is 0 Å². The molecule has 0 aliphatic heterocycles. The van der Waals surface area contributed by atoms with E-state index in [1.54, 1.807) is 12.7 Å². The van der Waals surface area contributed by atoms with Crippen LogP contribution in [0, 0.1) is 6.92 Å². The molecule has 1 atom stereocenters. The van der Waals surface area contributed by atoms with E-state index in [-0.39, 0.29) is 0 Å². The van der Waals surface area contributed by atoms with Crippen LogP contribution in [0.25, 0.3) is 0 Å². The van der Waals surface area contributed by atoms with Gasteiger partial charge < -0.3 is 4.74 Å². The quantitative estimate of drug-likeness (QED) is 0.709. The third-order valence-corrected chi connectivity index (χ3v) is 3.20. The highest BCUT2D eigenvalue weighted by atomic mass is 16.5. The molecule has 0 heterocycles. The van der Waals surface area contributed by atoms with Gasteiger partial charge in [-0.25, -0.2) is 0 Å². The molecule has 0 saturated carbocycles. The second-order valence-corrected chi connectivity index (χ2v) is 4.21. The van der Waals surface area contributed by atoms with Crippen LogP contribution in [0.3, 0.4) is 0 Å². The summed E-state index contributed by atoms with van der Waals surface area (Å²) in [4.78, 5) is 0. The van der Waals surface area contributed by atoms with Crippen molar-refractivity contribution in [2.75, 3.05) is 7.11 Å². The Bertz CT molecular complexity index is 341. The number of aryl methyl sites for hydroxylation is 1. The summed E-state index contributed by atoms with van der Waals surface area (Å²) >= 11 is 0. The third-order valence-electron chi connectivity index (χ3n) is 3.20. The summed E-state index contributed by atoms with van der Waals surface area (Å²) in [5.41, 5.74) is 4.32. The Morgan fingerprint density at radius 1 is 1.43 bits per heavy atom. The maximum atomic E-state index is 5.31. The van der Waals surface area contributed by atoms with Gasteiger partial charge in [-0.15, -0.1) is 0 Å². The lowest BCUT2D eigenvalue weighted by Gasteiger charge is -2.31. The first-order valence-corrected chi connectivity index (χ1v) is 5.43. The van der Waals surface area contributed by atoms with Crippen molar-refractivity contribution in [1.82, 2.24) is 0 Å².